The normalized spacial score (nSPS) is 16.8. The van der Waals surface area contributed by atoms with E-state index in [0.717, 1.165) is 60.8 Å². The molecule has 1 N–H and O–H groups in total. The monoisotopic (exact) mass is 586 g/mol. The first-order valence-corrected chi connectivity index (χ1v) is 15.5. The Bertz CT molecular complexity index is 1470. The smallest absolute Gasteiger partial charge is 0.303 e. The number of hydrogen-bond donors (Lipinski definition) is 1. The number of thioether (sulfide) groups is 1. The predicted octanol–water partition coefficient (Wildman–Crippen LogP) is 8.54. The molecule has 2 aromatic carbocycles. The zero-order chi connectivity index (χ0) is 30.1. The number of para-hydroxylation sites is 1. The summed E-state index contributed by atoms with van der Waals surface area (Å²) in [6.45, 7) is 8.16. The van der Waals surface area contributed by atoms with Gasteiger partial charge in [-0.05, 0) is 44.9 Å². The number of hydrogen-bond acceptors (Lipinski definition) is 5. The van der Waals surface area contributed by atoms with Gasteiger partial charge in [0, 0.05) is 54.1 Å². The van der Waals surface area contributed by atoms with Crippen LogP contribution in [0.3, 0.4) is 0 Å². The number of allylic oxidation sites excluding steroid dienone is 7. The van der Waals surface area contributed by atoms with Crippen LogP contribution in [0.15, 0.2) is 94.9 Å². The van der Waals surface area contributed by atoms with Crippen molar-refractivity contribution in [2.75, 3.05) is 18.0 Å². The van der Waals surface area contributed by atoms with Crippen molar-refractivity contribution in [1.29, 1.82) is 0 Å². The maximum atomic E-state index is 11.4. The van der Waals surface area contributed by atoms with Crippen LogP contribution in [0.1, 0.15) is 64.9 Å². The van der Waals surface area contributed by atoms with Crippen molar-refractivity contribution < 1.29 is 19.4 Å². The molecule has 2 aliphatic heterocycles. The van der Waals surface area contributed by atoms with Gasteiger partial charge in [0.05, 0.1) is 21.1 Å². The summed E-state index contributed by atoms with van der Waals surface area (Å²) in [6.07, 6.45) is 19.2. The molecule has 0 saturated heterocycles. The first-order chi connectivity index (χ1) is 20.2. The van der Waals surface area contributed by atoms with Crippen molar-refractivity contribution in [3.8, 4) is 0 Å². The van der Waals surface area contributed by atoms with Crippen molar-refractivity contribution in [2.45, 2.75) is 69.6 Å². The molecular formula is C34H40N3O4S+. The maximum absolute atomic E-state index is 11.4. The zero-order valence-corrected chi connectivity index (χ0v) is 25.5. The molecule has 0 spiro atoms. The van der Waals surface area contributed by atoms with Gasteiger partial charge in [-0.15, -0.1) is 0 Å². The van der Waals surface area contributed by atoms with Crippen LogP contribution >= 0.6 is 11.8 Å². The SMILES string of the molecule is CCCC[N+]1=C(C=CC=CC=CC=C2Sc3ccccc3N2CCCCCC(=O)O)C(C)(C)c2cc([N+](=O)[O-])ccc21. The van der Waals surface area contributed by atoms with Crippen LogP contribution < -0.4 is 4.90 Å². The number of aliphatic carboxylic acids is 1. The molecule has 8 heteroatoms. The number of anilines is 1. The van der Waals surface area contributed by atoms with E-state index >= 15 is 0 Å². The molecule has 0 bridgehead atoms. The fourth-order valence-electron chi connectivity index (χ4n) is 5.44. The summed E-state index contributed by atoms with van der Waals surface area (Å²) in [5, 5.41) is 21.5. The van der Waals surface area contributed by atoms with Crippen LogP contribution in [-0.4, -0.2) is 39.4 Å². The Balaban J connectivity index is 1.44. The first kappa shape index (κ1) is 31.0. The largest absolute Gasteiger partial charge is 0.481 e. The summed E-state index contributed by atoms with van der Waals surface area (Å²) < 4.78 is 2.30. The van der Waals surface area contributed by atoms with Crippen LogP contribution in [0, 0.1) is 10.1 Å². The summed E-state index contributed by atoms with van der Waals surface area (Å²) in [7, 11) is 0. The molecular weight excluding hydrogens is 546 g/mol. The molecule has 0 amide bonds. The van der Waals surface area contributed by atoms with Crippen LogP contribution in [0.2, 0.25) is 0 Å². The van der Waals surface area contributed by atoms with Crippen LogP contribution in [0.25, 0.3) is 0 Å². The summed E-state index contributed by atoms with van der Waals surface area (Å²) in [4.78, 5) is 25.5. The van der Waals surface area contributed by atoms with Crippen molar-refractivity contribution in [2.24, 2.45) is 0 Å². The number of benzene rings is 2. The number of non-ortho nitro benzene ring substituents is 1. The quantitative estimate of drug-likeness (QED) is 0.0785. The van der Waals surface area contributed by atoms with Crippen molar-refractivity contribution in [3.63, 3.8) is 0 Å². The summed E-state index contributed by atoms with van der Waals surface area (Å²) in [5.41, 5.74) is 4.17. The Morgan fingerprint density at radius 2 is 1.81 bits per heavy atom. The highest BCUT2D eigenvalue weighted by molar-refractivity contribution is 8.03. The minimum Gasteiger partial charge on any atom is -0.481 e. The number of carbonyl (C=O) groups is 1. The Hall–Kier alpha value is -3.91. The fourth-order valence-corrected chi connectivity index (χ4v) is 6.54. The second kappa shape index (κ2) is 14.3. The van der Waals surface area contributed by atoms with Crippen LogP contribution in [0.5, 0.6) is 0 Å². The third-order valence-corrected chi connectivity index (χ3v) is 8.80. The lowest BCUT2D eigenvalue weighted by Gasteiger charge is -2.20. The van der Waals surface area contributed by atoms with E-state index in [1.807, 2.05) is 36.4 Å². The summed E-state index contributed by atoms with van der Waals surface area (Å²) in [5.74, 6) is -0.735. The van der Waals surface area contributed by atoms with E-state index < -0.39 is 5.97 Å². The van der Waals surface area contributed by atoms with Gasteiger partial charge in [-0.1, -0.05) is 74.0 Å². The zero-order valence-electron chi connectivity index (χ0n) is 24.7. The van der Waals surface area contributed by atoms with Gasteiger partial charge in [0.15, 0.2) is 5.71 Å². The average molecular weight is 587 g/mol. The molecule has 2 heterocycles. The van der Waals surface area contributed by atoms with Gasteiger partial charge < -0.3 is 10.0 Å². The number of unbranched alkanes of at least 4 members (excludes halogenated alkanes) is 3. The number of nitro groups is 1. The third kappa shape index (κ3) is 7.29. The molecule has 0 fully saturated rings. The van der Waals surface area contributed by atoms with E-state index in [1.54, 1.807) is 23.9 Å². The van der Waals surface area contributed by atoms with Crippen molar-refractivity contribution in [1.82, 2.24) is 0 Å². The molecule has 0 saturated carbocycles. The topological polar surface area (TPSA) is 86.7 Å². The lowest BCUT2D eigenvalue weighted by molar-refractivity contribution is -0.438. The Kier molecular flexibility index (Phi) is 10.6. The number of nitro benzene ring substituents is 1. The van der Waals surface area contributed by atoms with Gasteiger partial charge in [-0.2, -0.15) is 4.58 Å². The molecule has 2 aliphatic rings. The molecule has 0 unspecified atom stereocenters. The summed E-state index contributed by atoms with van der Waals surface area (Å²) in [6, 6.07) is 13.6. The second-order valence-corrected chi connectivity index (χ2v) is 12.1. The van der Waals surface area contributed by atoms with Gasteiger partial charge in [0.25, 0.3) is 5.69 Å². The number of nitrogens with zero attached hydrogens (tertiary/aromatic N) is 3. The van der Waals surface area contributed by atoms with E-state index in [1.165, 1.54) is 10.6 Å². The highest BCUT2D eigenvalue weighted by Crippen LogP contribution is 2.46. The Morgan fingerprint density at radius 1 is 1.05 bits per heavy atom. The Morgan fingerprint density at radius 3 is 2.57 bits per heavy atom. The number of rotatable bonds is 14. The highest BCUT2D eigenvalue weighted by Gasteiger charge is 2.45. The summed E-state index contributed by atoms with van der Waals surface area (Å²) >= 11 is 1.75. The highest BCUT2D eigenvalue weighted by atomic mass is 32.2. The second-order valence-electron chi connectivity index (χ2n) is 11.0. The minimum absolute atomic E-state index is 0.127. The lowest BCUT2D eigenvalue weighted by atomic mass is 9.81. The molecule has 0 radical (unpaired) electrons. The van der Waals surface area contributed by atoms with Gasteiger partial charge >= 0.3 is 5.97 Å². The molecule has 42 heavy (non-hydrogen) atoms. The number of carboxylic acids is 1. The van der Waals surface area contributed by atoms with Gasteiger partial charge in [-0.25, -0.2) is 0 Å². The standard InChI is InChI=1S/C34H39N3O4S/c1-4-5-23-35-28-22-21-26(37(40)41)25-27(28)34(2,3)31(35)18-10-7-6-8-11-19-32-36(24-15-9-12-20-33(38)39)29-16-13-14-17-30(29)42-32/h6-8,10-11,13-14,16-19,21-22,25H,4-5,9,12,15,20,23-24H2,1-3H3/p+1. The van der Waals surface area contributed by atoms with Crippen LogP contribution in [0.4, 0.5) is 17.1 Å². The van der Waals surface area contributed by atoms with Crippen LogP contribution in [-0.2, 0) is 10.2 Å². The van der Waals surface area contributed by atoms with E-state index in [9.17, 15) is 14.9 Å². The van der Waals surface area contributed by atoms with Gasteiger partial charge in [-0.3, -0.25) is 14.9 Å². The molecule has 0 atom stereocenters. The molecule has 0 aromatic heterocycles. The predicted molar refractivity (Wildman–Crippen MR) is 172 cm³/mol. The van der Waals surface area contributed by atoms with E-state index in [-0.39, 0.29) is 22.4 Å². The number of fused-ring (bicyclic) bond motifs is 2. The van der Waals surface area contributed by atoms with E-state index in [4.69, 9.17) is 5.11 Å². The minimum atomic E-state index is -0.735. The van der Waals surface area contributed by atoms with E-state index in [0.29, 0.717) is 6.42 Å². The fraction of sp³-hybridized carbons (Fsp3) is 0.353. The molecule has 2 aromatic rings. The van der Waals surface area contributed by atoms with Gasteiger partial charge in [0.2, 0.25) is 5.69 Å². The molecule has 4 rings (SSSR count). The van der Waals surface area contributed by atoms with Crippen molar-refractivity contribution >= 4 is 40.5 Å². The van der Waals surface area contributed by atoms with E-state index in [2.05, 4.69) is 66.7 Å². The van der Waals surface area contributed by atoms with Crippen molar-refractivity contribution in [3.05, 3.63) is 106 Å². The maximum Gasteiger partial charge on any atom is 0.303 e. The first-order valence-electron chi connectivity index (χ1n) is 14.7. The molecule has 0 aliphatic carbocycles. The van der Waals surface area contributed by atoms with Gasteiger partial charge in [0.1, 0.15) is 6.54 Å². The lowest BCUT2D eigenvalue weighted by Crippen LogP contribution is -2.27. The number of carboxylic acid groups (broad SMARTS) is 1. The third-order valence-electron chi connectivity index (χ3n) is 7.67. The Labute approximate surface area is 252 Å². The molecule has 7 nitrogen and oxygen atoms in total. The molecule has 220 valence electrons. The average Bonchev–Trinajstić information content (AvgIpc) is 3.41.